The molecule has 7 aromatic carbocycles. The van der Waals surface area contributed by atoms with Gasteiger partial charge in [0.2, 0.25) is 0 Å². The maximum atomic E-state index is 11.7. The number of allylic oxidation sites excluding steroid dienone is 2. The largest absolute Gasteiger partial charge is 0.508 e. The van der Waals surface area contributed by atoms with Crippen LogP contribution in [0.2, 0.25) is 0 Å². The highest BCUT2D eigenvalue weighted by atomic mass is 16.3. The van der Waals surface area contributed by atoms with Gasteiger partial charge in [0.1, 0.15) is 43.0 Å². The Morgan fingerprint density at radius 2 is 1.12 bits per heavy atom. The van der Waals surface area contributed by atoms with Crippen molar-refractivity contribution in [3.8, 4) is 28.0 Å². The fourth-order valence-electron chi connectivity index (χ4n) is 8.32. The maximum absolute atomic E-state index is 11.7. The lowest BCUT2D eigenvalue weighted by atomic mass is 9.64. The minimum atomic E-state index is -0.0407. The molecule has 0 saturated heterocycles. The first-order valence-electron chi connectivity index (χ1n) is 17.5. The Bertz CT molecular complexity index is 2550. The van der Waals surface area contributed by atoms with E-state index in [4.69, 9.17) is 4.99 Å². The number of phenolic OH excluding ortho intramolecular Hbond substituents is 1. The highest BCUT2D eigenvalue weighted by Crippen LogP contribution is 2.46. The van der Waals surface area contributed by atoms with Crippen LogP contribution in [0.1, 0.15) is 5.56 Å². The van der Waals surface area contributed by atoms with E-state index >= 15 is 0 Å². The molecule has 7 heteroatoms. The number of rotatable bonds is 4. The van der Waals surface area contributed by atoms with E-state index in [9.17, 15) is 5.11 Å². The van der Waals surface area contributed by atoms with Crippen molar-refractivity contribution in [1.29, 1.82) is 0 Å². The zero-order valence-electron chi connectivity index (χ0n) is 28.8. The van der Waals surface area contributed by atoms with Gasteiger partial charge in [-0.05, 0) is 66.7 Å². The van der Waals surface area contributed by atoms with Gasteiger partial charge in [-0.1, -0.05) is 144 Å². The topological polar surface area (TPSA) is 35.8 Å². The molecule has 0 bridgehead atoms. The van der Waals surface area contributed by atoms with Gasteiger partial charge >= 0.3 is 0 Å². The van der Waals surface area contributed by atoms with Crippen LogP contribution in [0.4, 0.5) is 5.69 Å². The van der Waals surface area contributed by atoms with Crippen molar-refractivity contribution in [2.45, 2.75) is 12.1 Å². The SMILES string of the molecule is Bc1c(B)c(B)c(C2=NC3C=CC=CC3N2c2cccc(-c3c4ccccc4c(-c4cccc5ccccc45)c4ccccc34)c2)c(O)c1B. The standard InChI is InChI=1S/C43H34B4N2O/c44-38-37(42(50)41(47)40(46)39(38)45)43-48-33-21-7-8-22-34(33)49(43)26-14-9-13-25(23-26)35-29-16-3-5-18-31(29)36(32-19-6-4-17-30(32)35)28-20-10-12-24-11-1-2-15-27(24)28/h1-23,33-34,50H,44-47H2. The van der Waals surface area contributed by atoms with Gasteiger partial charge in [0.05, 0.1) is 17.6 Å². The van der Waals surface area contributed by atoms with Crippen LogP contribution < -0.4 is 26.8 Å². The molecule has 2 aliphatic rings. The van der Waals surface area contributed by atoms with Crippen molar-refractivity contribution in [3.05, 3.63) is 145 Å². The summed E-state index contributed by atoms with van der Waals surface area (Å²) in [6.07, 6.45) is 8.60. The Labute approximate surface area is 296 Å². The summed E-state index contributed by atoms with van der Waals surface area (Å²) in [5.74, 6) is 1.13. The van der Waals surface area contributed by atoms with Crippen LogP contribution in [0, 0.1) is 0 Å². The molecule has 234 valence electrons. The molecule has 3 nitrogen and oxygen atoms in total. The number of fused-ring (bicyclic) bond motifs is 4. The number of nitrogens with zero attached hydrogens (tertiary/aromatic N) is 2. The van der Waals surface area contributed by atoms with Crippen LogP contribution in [0.3, 0.4) is 0 Å². The molecule has 2 atom stereocenters. The van der Waals surface area contributed by atoms with Gasteiger partial charge in [-0.2, -0.15) is 0 Å². The number of aliphatic imine (C=N–C) groups is 1. The molecular weight excluding hydrogens is 604 g/mol. The summed E-state index contributed by atoms with van der Waals surface area (Å²) in [5, 5.41) is 19.1. The average Bonchev–Trinajstić information content (AvgIpc) is 3.54. The summed E-state index contributed by atoms with van der Waals surface area (Å²) < 4.78 is 0. The zero-order chi connectivity index (χ0) is 34.1. The Kier molecular flexibility index (Phi) is 7.13. The third kappa shape index (κ3) is 4.53. The first-order chi connectivity index (χ1) is 24.4. The summed E-state index contributed by atoms with van der Waals surface area (Å²) in [7, 11) is 8.35. The Hall–Kier alpha value is -5.67. The van der Waals surface area contributed by atoms with Crippen LogP contribution in [0.25, 0.3) is 54.6 Å². The number of aromatic hydroxyl groups is 1. The number of hydrogen-bond donors (Lipinski definition) is 1. The molecule has 1 N–H and O–H groups in total. The molecule has 0 spiro atoms. The van der Waals surface area contributed by atoms with Crippen molar-refractivity contribution in [2.24, 2.45) is 4.99 Å². The molecule has 0 amide bonds. The molecular formula is C43H34B4N2O. The normalized spacial score (nSPS) is 16.7. The van der Waals surface area contributed by atoms with Gasteiger partial charge in [0.25, 0.3) is 0 Å². The van der Waals surface area contributed by atoms with E-state index in [1.165, 1.54) is 54.5 Å². The van der Waals surface area contributed by atoms with Crippen molar-refractivity contribution < 1.29 is 5.11 Å². The lowest BCUT2D eigenvalue weighted by molar-refractivity contribution is 0.479. The Morgan fingerprint density at radius 3 is 1.84 bits per heavy atom. The first kappa shape index (κ1) is 30.4. The Balaban J connectivity index is 1.28. The molecule has 7 aromatic rings. The van der Waals surface area contributed by atoms with E-state index in [-0.39, 0.29) is 12.1 Å². The molecule has 0 aromatic heterocycles. The number of amidine groups is 1. The van der Waals surface area contributed by atoms with Gasteiger partial charge < -0.3 is 10.0 Å². The summed E-state index contributed by atoms with van der Waals surface area (Å²) in [5.41, 5.74) is 11.0. The highest BCUT2D eigenvalue weighted by Gasteiger charge is 2.38. The van der Waals surface area contributed by atoms with Crippen LogP contribution in [0.5, 0.6) is 5.75 Å². The third-order valence-corrected chi connectivity index (χ3v) is 11.2. The van der Waals surface area contributed by atoms with Crippen LogP contribution >= 0.6 is 0 Å². The fourth-order valence-corrected chi connectivity index (χ4v) is 8.32. The summed E-state index contributed by atoms with van der Waals surface area (Å²) >= 11 is 0. The smallest absolute Gasteiger partial charge is 0.143 e. The minimum Gasteiger partial charge on any atom is -0.508 e. The summed E-state index contributed by atoms with van der Waals surface area (Å²) in [4.78, 5) is 7.62. The van der Waals surface area contributed by atoms with Crippen LogP contribution in [-0.4, -0.2) is 54.4 Å². The van der Waals surface area contributed by atoms with Crippen molar-refractivity contribution in [3.63, 3.8) is 0 Å². The van der Waals surface area contributed by atoms with Crippen LogP contribution in [-0.2, 0) is 0 Å². The van der Waals surface area contributed by atoms with Gasteiger partial charge in [0.15, 0.2) is 0 Å². The third-order valence-electron chi connectivity index (χ3n) is 11.2. The van der Waals surface area contributed by atoms with E-state index in [1.807, 2.05) is 7.85 Å². The van der Waals surface area contributed by atoms with Crippen molar-refractivity contribution in [2.75, 3.05) is 4.90 Å². The lowest BCUT2D eigenvalue weighted by Crippen LogP contribution is -2.51. The van der Waals surface area contributed by atoms with Crippen molar-refractivity contribution >= 4 is 97.1 Å². The molecule has 1 heterocycles. The number of phenols is 1. The molecule has 50 heavy (non-hydrogen) atoms. The molecule has 0 saturated carbocycles. The van der Waals surface area contributed by atoms with Gasteiger partial charge in [0, 0.05) is 5.69 Å². The van der Waals surface area contributed by atoms with Gasteiger partial charge in [-0.25, -0.2) is 0 Å². The molecule has 2 unspecified atom stereocenters. The second-order valence-electron chi connectivity index (χ2n) is 13.7. The number of anilines is 1. The predicted octanol–water partition coefficient (Wildman–Crippen LogP) is 3.35. The van der Waals surface area contributed by atoms with Crippen molar-refractivity contribution in [1.82, 2.24) is 0 Å². The predicted molar refractivity (Wildman–Crippen MR) is 226 cm³/mol. The molecule has 0 radical (unpaired) electrons. The fraction of sp³-hybridized carbons (Fsp3) is 0.0465. The molecule has 0 fully saturated rings. The quantitative estimate of drug-likeness (QED) is 0.238. The van der Waals surface area contributed by atoms with Crippen LogP contribution in [0.15, 0.2) is 145 Å². The Morgan fingerprint density at radius 1 is 0.540 bits per heavy atom. The second-order valence-corrected chi connectivity index (χ2v) is 13.7. The van der Waals surface area contributed by atoms with Gasteiger partial charge in [-0.15, -0.1) is 5.46 Å². The number of hydrogen-bond acceptors (Lipinski definition) is 3. The zero-order valence-corrected chi connectivity index (χ0v) is 28.8. The van der Waals surface area contributed by atoms with E-state index in [0.717, 1.165) is 39.0 Å². The van der Waals surface area contributed by atoms with E-state index in [2.05, 4.69) is 168 Å². The van der Waals surface area contributed by atoms with Gasteiger partial charge in [-0.3, -0.25) is 4.99 Å². The maximum Gasteiger partial charge on any atom is 0.143 e. The minimum absolute atomic E-state index is 0.00758. The molecule has 1 aliphatic carbocycles. The van der Waals surface area contributed by atoms with E-state index < -0.39 is 0 Å². The molecule has 9 rings (SSSR count). The second kappa shape index (κ2) is 11.7. The van der Waals surface area contributed by atoms with E-state index in [0.29, 0.717) is 5.75 Å². The summed E-state index contributed by atoms with van der Waals surface area (Å²) in [6, 6.07) is 41.9. The average molecular weight is 638 g/mol. The monoisotopic (exact) mass is 638 g/mol. The first-order valence-corrected chi connectivity index (χ1v) is 17.5. The highest BCUT2D eigenvalue weighted by molar-refractivity contribution is 6.64. The van der Waals surface area contributed by atoms with E-state index in [1.54, 1.807) is 0 Å². The number of benzene rings is 7. The molecule has 1 aliphatic heterocycles. The summed E-state index contributed by atoms with van der Waals surface area (Å²) in [6.45, 7) is 0. The lowest BCUT2D eigenvalue weighted by Gasteiger charge is -2.31.